The topological polar surface area (TPSA) is 29.5 Å². The third-order valence-electron chi connectivity index (χ3n) is 1.73. The van der Waals surface area contributed by atoms with Gasteiger partial charge in [-0.25, -0.2) is 0 Å². The summed E-state index contributed by atoms with van der Waals surface area (Å²) in [5.41, 5.74) is 1.68. The Labute approximate surface area is 76.7 Å². The lowest BCUT2D eigenvalue weighted by molar-refractivity contribution is -0.0773. The normalized spacial score (nSPS) is 13.0. The van der Waals surface area contributed by atoms with Crippen molar-refractivity contribution in [1.29, 1.82) is 0 Å². The highest BCUT2D eigenvalue weighted by Crippen LogP contribution is 2.21. The van der Waals surface area contributed by atoms with Crippen LogP contribution >= 0.6 is 11.6 Å². The van der Waals surface area contributed by atoms with Crippen molar-refractivity contribution in [3.63, 3.8) is 0 Å². The summed E-state index contributed by atoms with van der Waals surface area (Å²) in [6.45, 7) is 1.90. The number of hydrogen-bond donors (Lipinski definition) is 1. The molecular formula is C9H11ClO2. The zero-order valence-corrected chi connectivity index (χ0v) is 7.80. The highest BCUT2D eigenvalue weighted by molar-refractivity contribution is 6.30. The highest BCUT2D eigenvalue weighted by Gasteiger charge is 2.08. The third kappa shape index (κ3) is 1.97. The van der Waals surface area contributed by atoms with Gasteiger partial charge >= 0.3 is 0 Å². The molecule has 0 saturated carbocycles. The first-order valence-corrected chi connectivity index (χ1v) is 4.00. The van der Waals surface area contributed by atoms with Gasteiger partial charge in [0.15, 0.2) is 6.29 Å². The maximum atomic E-state index is 9.35. The molecule has 1 atom stereocenters. The first-order chi connectivity index (χ1) is 5.65. The average molecular weight is 187 g/mol. The third-order valence-corrected chi connectivity index (χ3v) is 1.97. The lowest BCUT2D eigenvalue weighted by atomic mass is 10.1. The number of halogens is 1. The minimum Gasteiger partial charge on any atom is -0.364 e. The maximum absolute atomic E-state index is 9.35. The fraction of sp³-hybridized carbons (Fsp3) is 0.333. The van der Waals surface area contributed by atoms with Crippen LogP contribution in [0.25, 0.3) is 0 Å². The molecule has 0 fully saturated rings. The molecule has 1 rings (SSSR count). The molecule has 0 amide bonds. The first-order valence-electron chi connectivity index (χ1n) is 3.62. The van der Waals surface area contributed by atoms with Crippen molar-refractivity contribution in [2.75, 3.05) is 7.11 Å². The van der Waals surface area contributed by atoms with Crippen molar-refractivity contribution in [2.24, 2.45) is 0 Å². The molecule has 0 aliphatic rings. The molecule has 0 aromatic heterocycles. The van der Waals surface area contributed by atoms with Gasteiger partial charge in [0, 0.05) is 17.7 Å². The SMILES string of the molecule is COC(O)c1cc(Cl)ccc1C. The summed E-state index contributed by atoms with van der Waals surface area (Å²) in [4.78, 5) is 0. The van der Waals surface area contributed by atoms with Gasteiger partial charge in [-0.15, -0.1) is 0 Å². The largest absolute Gasteiger partial charge is 0.364 e. The van der Waals surface area contributed by atoms with Crippen LogP contribution in [0.5, 0.6) is 0 Å². The zero-order valence-electron chi connectivity index (χ0n) is 7.04. The standard InChI is InChI=1S/C9H11ClO2/c1-6-3-4-7(10)5-8(6)9(11)12-2/h3-5,9,11H,1-2H3. The van der Waals surface area contributed by atoms with Crippen molar-refractivity contribution in [3.8, 4) is 0 Å². The second-order valence-corrected chi connectivity index (χ2v) is 3.03. The monoisotopic (exact) mass is 186 g/mol. The number of benzene rings is 1. The lowest BCUT2D eigenvalue weighted by Gasteiger charge is -2.11. The van der Waals surface area contributed by atoms with Crippen molar-refractivity contribution >= 4 is 11.6 Å². The van der Waals surface area contributed by atoms with E-state index < -0.39 is 6.29 Å². The number of aryl methyl sites for hydroxylation is 1. The second kappa shape index (κ2) is 3.90. The van der Waals surface area contributed by atoms with Gasteiger partial charge in [0.05, 0.1) is 0 Å². The van der Waals surface area contributed by atoms with Gasteiger partial charge in [-0.1, -0.05) is 17.7 Å². The molecule has 1 N–H and O–H groups in total. The average Bonchev–Trinajstić information content (AvgIpc) is 2.08. The van der Waals surface area contributed by atoms with Crippen LogP contribution in [0, 0.1) is 6.92 Å². The Balaban J connectivity index is 3.04. The Morgan fingerprint density at radius 1 is 1.50 bits per heavy atom. The molecule has 1 aromatic rings. The summed E-state index contributed by atoms with van der Waals surface area (Å²) in [5.74, 6) is 0. The van der Waals surface area contributed by atoms with Gasteiger partial charge in [0.1, 0.15) is 0 Å². The highest BCUT2D eigenvalue weighted by atomic mass is 35.5. The fourth-order valence-corrected chi connectivity index (χ4v) is 1.18. The molecule has 0 saturated heterocycles. The van der Waals surface area contributed by atoms with Crippen LogP contribution in [-0.2, 0) is 4.74 Å². The molecule has 0 radical (unpaired) electrons. The summed E-state index contributed by atoms with van der Waals surface area (Å²) >= 11 is 5.75. The Morgan fingerprint density at radius 2 is 2.17 bits per heavy atom. The minimum absolute atomic E-state index is 0.603. The van der Waals surface area contributed by atoms with Crippen molar-refractivity contribution in [3.05, 3.63) is 34.3 Å². The van der Waals surface area contributed by atoms with Crippen LogP contribution in [-0.4, -0.2) is 12.2 Å². The summed E-state index contributed by atoms with van der Waals surface area (Å²) in [5, 5.41) is 9.96. The predicted molar refractivity (Wildman–Crippen MR) is 48.2 cm³/mol. The predicted octanol–water partition coefficient (Wildman–Crippen LogP) is 2.29. The molecular weight excluding hydrogens is 176 g/mol. The van der Waals surface area contributed by atoms with Gasteiger partial charge in [-0.2, -0.15) is 0 Å². The lowest BCUT2D eigenvalue weighted by Crippen LogP contribution is -2.01. The van der Waals surface area contributed by atoms with Crippen LogP contribution < -0.4 is 0 Å². The molecule has 0 spiro atoms. The molecule has 2 nitrogen and oxygen atoms in total. The Kier molecular flexibility index (Phi) is 3.09. The summed E-state index contributed by atoms with van der Waals surface area (Å²) in [6.07, 6.45) is -0.885. The summed E-state index contributed by atoms with van der Waals surface area (Å²) < 4.78 is 4.77. The number of aliphatic hydroxyl groups excluding tert-OH is 1. The van der Waals surface area contributed by atoms with Crippen LogP contribution in [0.2, 0.25) is 5.02 Å². The van der Waals surface area contributed by atoms with Gasteiger partial charge in [-0.3, -0.25) is 0 Å². The van der Waals surface area contributed by atoms with Crippen molar-refractivity contribution in [2.45, 2.75) is 13.2 Å². The van der Waals surface area contributed by atoms with E-state index >= 15 is 0 Å². The molecule has 0 bridgehead atoms. The molecule has 0 aliphatic carbocycles. The fourth-order valence-electron chi connectivity index (χ4n) is 1.00. The molecule has 1 aromatic carbocycles. The van der Waals surface area contributed by atoms with Crippen LogP contribution in [0.4, 0.5) is 0 Å². The van der Waals surface area contributed by atoms with E-state index in [1.165, 1.54) is 7.11 Å². The number of ether oxygens (including phenoxy) is 1. The van der Waals surface area contributed by atoms with Crippen molar-refractivity contribution < 1.29 is 9.84 Å². The number of aliphatic hydroxyl groups is 1. The van der Waals surface area contributed by atoms with Gasteiger partial charge in [-0.05, 0) is 24.6 Å². The minimum atomic E-state index is -0.885. The maximum Gasteiger partial charge on any atom is 0.181 e. The quantitative estimate of drug-likeness (QED) is 0.719. The zero-order chi connectivity index (χ0) is 9.14. The van der Waals surface area contributed by atoms with E-state index in [-0.39, 0.29) is 0 Å². The van der Waals surface area contributed by atoms with Crippen LogP contribution in [0.1, 0.15) is 17.4 Å². The Morgan fingerprint density at radius 3 is 2.75 bits per heavy atom. The van der Waals surface area contributed by atoms with E-state index in [9.17, 15) is 5.11 Å². The molecule has 1 unspecified atom stereocenters. The number of methoxy groups -OCH3 is 1. The van der Waals surface area contributed by atoms with E-state index in [0.29, 0.717) is 10.6 Å². The molecule has 0 aliphatic heterocycles. The first kappa shape index (κ1) is 9.52. The van der Waals surface area contributed by atoms with Gasteiger partial charge < -0.3 is 9.84 Å². The van der Waals surface area contributed by atoms with E-state index in [4.69, 9.17) is 16.3 Å². The number of rotatable bonds is 2. The smallest absolute Gasteiger partial charge is 0.181 e. The summed E-state index contributed by atoms with van der Waals surface area (Å²) in [7, 11) is 1.45. The van der Waals surface area contributed by atoms with E-state index in [1.54, 1.807) is 12.1 Å². The van der Waals surface area contributed by atoms with Gasteiger partial charge in [0.25, 0.3) is 0 Å². The van der Waals surface area contributed by atoms with E-state index in [1.807, 2.05) is 13.0 Å². The Bertz CT molecular complexity index is 273. The molecule has 3 heteroatoms. The van der Waals surface area contributed by atoms with Crippen molar-refractivity contribution in [1.82, 2.24) is 0 Å². The molecule has 12 heavy (non-hydrogen) atoms. The Hall–Kier alpha value is -0.570. The second-order valence-electron chi connectivity index (χ2n) is 2.59. The van der Waals surface area contributed by atoms with E-state index in [2.05, 4.69) is 0 Å². The molecule has 66 valence electrons. The van der Waals surface area contributed by atoms with E-state index in [0.717, 1.165) is 5.56 Å². The van der Waals surface area contributed by atoms with Crippen LogP contribution in [0.3, 0.4) is 0 Å². The van der Waals surface area contributed by atoms with Crippen LogP contribution in [0.15, 0.2) is 18.2 Å². The molecule has 0 heterocycles. The summed E-state index contributed by atoms with van der Waals surface area (Å²) in [6, 6.07) is 5.33. The number of hydrogen-bond acceptors (Lipinski definition) is 2. The van der Waals surface area contributed by atoms with Gasteiger partial charge in [0.2, 0.25) is 0 Å².